The molecule has 4 nitrogen and oxygen atoms in total. The van der Waals surface area contributed by atoms with Gasteiger partial charge in [0.2, 0.25) is 0 Å². The van der Waals surface area contributed by atoms with E-state index in [-0.39, 0.29) is 12.6 Å². The normalized spacial score (nSPS) is 13.0. The van der Waals surface area contributed by atoms with Crippen molar-refractivity contribution in [3.8, 4) is 0 Å². The highest BCUT2D eigenvalue weighted by atomic mass is 32.1. The van der Waals surface area contributed by atoms with E-state index >= 15 is 0 Å². The Balaban J connectivity index is 2.60. The van der Waals surface area contributed by atoms with Crippen molar-refractivity contribution in [1.82, 2.24) is 9.88 Å². The van der Waals surface area contributed by atoms with E-state index in [1.165, 1.54) is 11.3 Å². The molecule has 1 unspecified atom stereocenters. The summed E-state index contributed by atoms with van der Waals surface area (Å²) in [5.74, 6) is -0.787. The van der Waals surface area contributed by atoms with Gasteiger partial charge in [0.15, 0.2) is 0 Å². The minimum atomic E-state index is -0.787. The largest absolute Gasteiger partial charge is 0.480 e. The van der Waals surface area contributed by atoms with E-state index < -0.39 is 5.97 Å². The second-order valence-electron chi connectivity index (χ2n) is 3.54. The third-order valence-electron chi connectivity index (χ3n) is 2.40. The Morgan fingerprint density at radius 2 is 2.47 bits per heavy atom. The highest BCUT2D eigenvalue weighted by Crippen LogP contribution is 2.10. The van der Waals surface area contributed by atoms with Crippen molar-refractivity contribution < 1.29 is 9.90 Å². The standard InChI is InChI=1S/C10H16N2O2S/c1-3-8(2)12(5-10(13)14)4-9-6-15-7-11-9/h6-8H,3-5H2,1-2H3,(H,13,14). The zero-order chi connectivity index (χ0) is 11.3. The van der Waals surface area contributed by atoms with Crippen LogP contribution in [0, 0.1) is 0 Å². The summed E-state index contributed by atoms with van der Waals surface area (Å²) in [5.41, 5.74) is 2.71. The first-order valence-corrected chi connectivity index (χ1v) is 5.90. The molecule has 1 heterocycles. The van der Waals surface area contributed by atoms with Gasteiger partial charge in [0.1, 0.15) is 0 Å². The summed E-state index contributed by atoms with van der Waals surface area (Å²) >= 11 is 1.53. The molecule has 0 saturated carbocycles. The average Bonchev–Trinajstić information content (AvgIpc) is 2.67. The highest BCUT2D eigenvalue weighted by Gasteiger charge is 2.16. The van der Waals surface area contributed by atoms with Gasteiger partial charge in [0, 0.05) is 18.0 Å². The second-order valence-corrected chi connectivity index (χ2v) is 4.25. The fourth-order valence-electron chi connectivity index (χ4n) is 1.32. The Bertz CT molecular complexity index is 300. The van der Waals surface area contributed by atoms with Crippen LogP contribution in [-0.4, -0.2) is 33.5 Å². The molecule has 0 aliphatic heterocycles. The van der Waals surface area contributed by atoms with Crippen molar-refractivity contribution in [2.24, 2.45) is 0 Å². The molecule has 1 aromatic rings. The summed E-state index contributed by atoms with van der Waals surface area (Å²) in [6.45, 7) is 4.78. The van der Waals surface area contributed by atoms with Crippen molar-refractivity contribution in [3.05, 3.63) is 16.6 Å². The molecule has 0 amide bonds. The summed E-state index contributed by atoms with van der Waals surface area (Å²) in [6.07, 6.45) is 0.942. The molecule has 15 heavy (non-hydrogen) atoms. The maximum atomic E-state index is 10.7. The molecule has 1 N–H and O–H groups in total. The molecule has 0 spiro atoms. The van der Waals surface area contributed by atoms with Crippen LogP contribution in [0.4, 0.5) is 0 Å². The quantitative estimate of drug-likeness (QED) is 0.807. The van der Waals surface area contributed by atoms with Gasteiger partial charge in [0.25, 0.3) is 0 Å². The molecule has 0 aromatic carbocycles. The maximum absolute atomic E-state index is 10.7. The first-order chi connectivity index (χ1) is 7.13. The Kier molecular flexibility index (Phi) is 4.71. The van der Waals surface area contributed by atoms with E-state index in [1.807, 2.05) is 17.2 Å². The van der Waals surface area contributed by atoms with Gasteiger partial charge in [-0.3, -0.25) is 9.69 Å². The van der Waals surface area contributed by atoms with Crippen molar-refractivity contribution in [2.45, 2.75) is 32.9 Å². The van der Waals surface area contributed by atoms with Crippen LogP contribution < -0.4 is 0 Å². The Morgan fingerprint density at radius 3 is 2.93 bits per heavy atom. The van der Waals surface area contributed by atoms with E-state index in [9.17, 15) is 4.79 Å². The van der Waals surface area contributed by atoms with Crippen molar-refractivity contribution in [1.29, 1.82) is 0 Å². The summed E-state index contributed by atoms with van der Waals surface area (Å²) in [4.78, 5) is 16.8. The molecule has 0 radical (unpaired) electrons. The van der Waals surface area contributed by atoms with Crippen LogP contribution >= 0.6 is 11.3 Å². The lowest BCUT2D eigenvalue weighted by atomic mass is 10.2. The van der Waals surface area contributed by atoms with E-state index in [1.54, 1.807) is 5.51 Å². The van der Waals surface area contributed by atoms with Gasteiger partial charge < -0.3 is 5.11 Å². The molecular weight excluding hydrogens is 212 g/mol. The summed E-state index contributed by atoms with van der Waals surface area (Å²) in [6, 6.07) is 0.266. The van der Waals surface area contributed by atoms with Crippen molar-refractivity contribution in [3.63, 3.8) is 0 Å². The van der Waals surface area contributed by atoms with Gasteiger partial charge >= 0.3 is 5.97 Å². The number of carboxylic acids is 1. The van der Waals surface area contributed by atoms with Crippen LogP contribution in [0.2, 0.25) is 0 Å². The Labute approximate surface area is 93.6 Å². The molecular formula is C10H16N2O2S. The number of carboxylic acid groups (broad SMARTS) is 1. The fourth-order valence-corrected chi connectivity index (χ4v) is 1.87. The number of hydrogen-bond acceptors (Lipinski definition) is 4. The SMILES string of the molecule is CCC(C)N(CC(=O)O)Cc1cscn1. The lowest BCUT2D eigenvalue weighted by Crippen LogP contribution is -2.36. The Morgan fingerprint density at radius 1 is 1.73 bits per heavy atom. The van der Waals surface area contributed by atoms with E-state index in [0.29, 0.717) is 6.54 Å². The lowest BCUT2D eigenvalue weighted by Gasteiger charge is -2.25. The third-order valence-corrected chi connectivity index (χ3v) is 3.04. The topological polar surface area (TPSA) is 53.4 Å². The number of aliphatic carboxylic acids is 1. The van der Waals surface area contributed by atoms with E-state index in [2.05, 4.69) is 11.9 Å². The van der Waals surface area contributed by atoms with Crippen LogP contribution in [0.1, 0.15) is 26.0 Å². The fraction of sp³-hybridized carbons (Fsp3) is 0.600. The molecule has 1 aromatic heterocycles. The molecule has 0 aliphatic carbocycles. The van der Waals surface area contributed by atoms with E-state index in [4.69, 9.17) is 5.11 Å². The van der Waals surface area contributed by atoms with Gasteiger partial charge in [-0.25, -0.2) is 4.98 Å². The highest BCUT2D eigenvalue weighted by molar-refractivity contribution is 7.07. The molecule has 0 saturated heterocycles. The second kappa shape index (κ2) is 5.82. The van der Waals surface area contributed by atoms with Gasteiger partial charge in [-0.15, -0.1) is 11.3 Å². The molecule has 0 fully saturated rings. The van der Waals surface area contributed by atoms with Crippen LogP contribution in [0.5, 0.6) is 0 Å². The number of hydrogen-bond donors (Lipinski definition) is 1. The van der Waals surface area contributed by atoms with Crippen LogP contribution in [0.15, 0.2) is 10.9 Å². The number of nitrogens with zero attached hydrogens (tertiary/aromatic N) is 2. The molecule has 84 valence electrons. The van der Waals surface area contributed by atoms with E-state index in [0.717, 1.165) is 12.1 Å². The molecule has 1 rings (SSSR count). The van der Waals surface area contributed by atoms with Crippen LogP contribution in [-0.2, 0) is 11.3 Å². The molecule has 0 bridgehead atoms. The maximum Gasteiger partial charge on any atom is 0.317 e. The number of thiazole rings is 1. The summed E-state index contributed by atoms with van der Waals surface area (Å²) in [7, 11) is 0. The number of aromatic nitrogens is 1. The number of carbonyl (C=O) groups is 1. The summed E-state index contributed by atoms with van der Waals surface area (Å²) < 4.78 is 0. The smallest absolute Gasteiger partial charge is 0.317 e. The predicted octanol–water partition coefficient (Wildman–Crippen LogP) is 1.83. The zero-order valence-electron chi connectivity index (χ0n) is 9.01. The zero-order valence-corrected chi connectivity index (χ0v) is 9.83. The van der Waals surface area contributed by atoms with Gasteiger partial charge in [-0.2, -0.15) is 0 Å². The van der Waals surface area contributed by atoms with Crippen LogP contribution in [0.3, 0.4) is 0 Å². The molecule has 0 aliphatic rings. The first-order valence-electron chi connectivity index (χ1n) is 4.96. The minimum Gasteiger partial charge on any atom is -0.480 e. The predicted molar refractivity (Wildman–Crippen MR) is 59.9 cm³/mol. The lowest BCUT2D eigenvalue weighted by molar-refractivity contribution is -0.139. The van der Waals surface area contributed by atoms with Gasteiger partial charge in [-0.1, -0.05) is 6.92 Å². The van der Waals surface area contributed by atoms with Crippen LogP contribution in [0.25, 0.3) is 0 Å². The summed E-state index contributed by atoms with van der Waals surface area (Å²) in [5, 5.41) is 10.8. The average molecular weight is 228 g/mol. The number of rotatable bonds is 6. The first kappa shape index (κ1) is 12.1. The van der Waals surface area contributed by atoms with Gasteiger partial charge in [0.05, 0.1) is 17.7 Å². The minimum absolute atomic E-state index is 0.0759. The Hall–Kier alpha value is -0.940. The van der Waals surface area contributed by atoms with Gasteiger partial charge in [-0.05, 0) is 13.3 Å². The monoisotopic (exact) mass is 228 g/mol. The molecule has 5 heteroatoms. The third kappa shape index (κ3) is 3.97. The van der Waals surface area contributed by atoms with Crippen molar-refractivity contribution in [2.75, 3.05) is 6.54 Å². The van der Waals surface area contributed by atoms with Crippen molar-refractivity contribution >= 4 is 17.3 Å². The molecule has 1 atom stereocenters.